The minimum atomic E-state index is -0.228. The molecule has 1 N–H and O–H groups in total. The van der Waals surface area contributed by atoms with Gasteiger partial charge in [-0.05, 0) is 12.1 Å². The molecular weight excluding hydrogens is 234 g/mol. The number of hydrogen-bond acceptors (Lipinski definition) is 4. The third-order valence-electron chi connectivity index (χ3n) is 2.42. The second kappa shape index (κ2) is 6.13. The lowest BCUT2D eigenvalue weighted by atomic mass is 10.3. The fraction of sp³-hybridized carbons (Fsp3) is 0.333. The summed E-state index contributed by atoms with van der Waals surface area (Å²) >= 11 is 0. The van der Waals surface area contributed by atoms with Crippen LogP contribution in [0.25, 0.3) is 11.0 Å². The van der Waals surface area contributed by atoms with Crippen LogP contribution in [0.5, 0.6) is 0 Å². The highest BCUT2D eigenvalue weighted by atomic mass is 16.7. The van der Waals surface area contributed by atoms with Crippen molar-refractivity contribution in [1.82, 2.24) is 15.0 Å². The number of amides is 1. The molecule has 18 heavy (non-hydrogen) atoms. The summed E-state index contributed by atoms with van der Waals surface area (Å²) < 4.78 is 6.56. The van der Waals surface area contributed by atoms with Gasteiger partial charge in [0, 0.05) is 7.11 Å². The van der Waals surface area contributed by atoms with E-state index in [1.807, 2.05) is 24.3 Å². The molecule has 2 aromatic rings. The molecule has 0 aliphatic heterocycles. The van der Waals surface area contributed by atoms with Crippen LogP contribution in [-0.4, -0.2) is 35.8 Å². The first-order valence-electron chi connectivity index (χ1n) is 5.60. The Balaban J connectivity index is 1.91. The molecule has 0 atom stereocenters. The second-order valence-corrected chi connectivity index (χ2v) is 3.73. The molecular formula is C12H15N3O3. The number of carbonyl (C=O) groups excluding carboxylic acids is 1. The summed E-state index contributed by atoms with van der Waals surface area (Å²) in [5, 5.41) is 0. The molecule has 6 heteroatoms. The first-order valence-corrected chi connectivity index (χ1v) is 5.60. The van der Waals surface area contributed by atoms with Crippen LogP contribution in [0.4, 0.5) is 0 Å². The van der Waals surface area contributed by atoms with E-state index >= 15 is 0 Å². The lowest BCUT2D eigenvalue weighted by Gasteiger charge is -2.06. The summed E-state index contributed by atoms with van der Waals surface area (Å²) in [6.07, 6.45) is 1.64. The molecule has 1 aromatic carbocycles. The monoisotopic (exact) mass is 249 g/mol. The molecule has 0 saturated heterocycles. The van der Waals surface area contributed by atoms with Gasteiger partial charge in [-0.2, -0.15) is 0 Å². The standard InChI is InChI=1S/C12H15N3O3/c1-17-6-7-18-14-12(16)8-15-9-13-10-4-2-3-5-11(10)15/h2-5,9H,6-8H2,1H3,(H,14,16). The highest BCUT2D eigenvalue weighted by Crippen LogP contribution is 2.11. The van der Waals surface area contributed by atoms with Gasteiger partial charge in [0.1, 0.15) is 6.54 Å². The average Bonchev–Trinajstić information content (AvgIpc) is 2.78. The van der Waals surface area contributed by atoms with Crippen molar-refractivity contribution in [3.8, 4) is 0 Å². The summed E-state index contributed by atoms with van der Waals surface area (Å²) in [5.74, 6) is -0.228. The number of nitrogens with one attached hydrogen (secondary N) is 1. The fourth-order valence-corrected chi connectivity index (χ4v) is 1.58. The van der Waals surface area contributed by atoms with Crippen LogP contribution < -0.4 is 5.48 Å². The molecule has 1 amide bonds. The van der Waals surface area contributed by atoms with E-state index in [9.17, 15) is 4.79 Å². The van der Waals surface area contributed by atoms with Crippen molar-refractivity contribution in [2.24, 2.45) is 0 Å². The van der Waals surface area contributed by atoms with Crippen LogP contribution in [0.3, 0.4) is 0 Å². The highest BCUT2D eigenvalue weighted by molar-refractivity contribution is 5.79. The lowest BCUT2D eigenvalue weighted by Crippen LogP contribution is -2.28. The molecule has 2 rings (SSSR count). The second-order valence-electron chi connectivity index (χ2n) is 3.73. The topological polar surface area (TPSA) is 65.4 Å². The normalized spacial score (nSPS) is 10.7. The van der Waals surface area contributed by atoms with Crippen molar-refractivity contribution < 1.29 is 14.4 Å². The molecule has 0 radical (unpaired) electrons. The Kier molecular flexibility index (Phi) is 4.27. The third-order valence-corrected chi connectivity index (χ3v) is 2.42. The van der Waals surface area contributed by atoms with Gasteiger partial charge < -0.3 is 9.30 Å². The minimum Gasteiger partial charge on any atom is -0.382 e. The Bertz CT molecular complexity index is 524. The highest BCUT2D eigenvalue weighted by Gasteiger charge is 2.06. The van der Waals surface area contributed by atoms with Gasteiger partial charge in [-0.15, -0.1) is 0 Å². The molecule has 1 heterocycles. The quantitative estimate of drug-likeness (QED) is 0.605. The van der Waals surface area contributed by atoms with Gasteiger partial charge in [-0.25, -0.2) is 10.5 Å². The predicted molar refractivity (Wildman–Crippen MR) is 65.7 cm³/mol. The van der Waals surface area contributed by atoms with Crippen LogP contribution in [-0.2, 0) is 20.9 Å². The largest absolute Gasteiger partial charge is 0.382 e. The molecule has 0 spiro atoms. The van der Waals surface area contributed by atoms with Crippen molar-refractivity contribution in [3.63, 3.8) is 0 Å². The Morgan fingerprint density at radius 1 is 1.39 bits per heavy atom. The fourth-order valence-electron chi connectivity index (χ4n) is 1.58. The summed E-state index contributed by atoms with van der Waals surface area (Å²) in [6, 6.07) is 7.64. The van der Waals surface area contributed by atoms with E-state index in [1.165, 1.54) is 0 Å². The zero-order valence-corrected chi connectivity index (χ0v) is 10.1. The van der Waals surface area contributed by atoms with Crippen LogP contribution in [0.2, 0.25) is 0 Å². The number of rotatable bonds is 6. The minimum absolute atomic E-state index is 0.174. The average molecular weight is 249 g/mol. The summed E-state index contributed by atoms with van der Waals surface area (Å²) in [4.78, 5) is 20.7. The number of hydrogen-bond donors (Lipinski definition) is 1. The van der Waals surface area contributed by atoms with Crippen molar-refractivity contribution >= 4 is 16.9 Å². The number of para-hydroxylation sites is 2. The van der Waals surface area contributed by atoms with Crippen molar-refractivity contribution in [2.75, 3.05) is 20.3 Å². The number of hydroxylamine groups is 1. The summed E-state index contributed by atoms with van der Waals surface area (Å²) in [7, 11) is 1.57. The number of carbonyl (C=O) groups is 1. The molecule has 0 aliphatic rings. The Morgan fingerprint density at radius 2 is 2.22 bits per heavy atom. The number of imidazole rings is 1. The zero-order chi connectivity index (χ0) is 12.8. The van der Waals surface area contributed by atoms with E-state index in [-0.39, 0.29) is 12.5 Å². The Labute approximate surface area is 104 Å². The molecule has 0 aliphatic carbocycles. The van der Waals surface area contributed by atoms with E-state index < -0.39 is 0 Å². The maximum Gasteiger partial charge on any atom is 0.263 e. The number of methoxy groups -OCH3 is 1. The summed E-state index contributed by atoms with van der Waals surface area (Å²) in [6.45, 7) is 0.939. The van der Waals surface area contributed by atoms with Crippen molar-refractivity contribution in [1.29, 1.82) is 0 Å². The third kappa shape index (κ3) is 3.06. The van der Waals surface area contributed by atoms with Gasteiger partial charge in [-0.1, -0.05) is 12.1 Å². The Morgan fingerprint density at radius 3 is 3.06 bits per heavy atom. The van der Waals surface area contributed by atoms with Gasteiger partial charge in [0.2, 0.25) is 0 Å². The van der Waals surface area contributed by atoms with Crippen LogP contribution in [0.1, 0.15) is 0 Å². The van der Waals surface area contributed by atoms with Crippen molar-refractivity contribution in [2.45, 2.75) is 6.54 Å². The number of benzene rings is 1. The maximum atomic E-state index is 11.6. The smallest absolute Gasteiger partial charge is 0.263 e. The van der Waals surface area contributed by atoms with Crippen LogP contribution in [0, 0.1) is 0 Å². The number of ether oxygens (including phenoxy) is 1. The number of aromatic nitrogens is 2. The SMILES string of the molecule is COCCONC(=O)Cn1cnc2ccccc21. The zero-order valence-electron chi connectivity index (χ0n) is 10.1. The summed E-state index contributed by atoms with van der Waals surface area (Å²) in [5.41, 5.74) is 4.14. The molecule has 0 fully saturated rings. The Hall–Kier alpha value is -1.92. The number of nitrogens with zero attached hydrogens (tertiary/aromatic N) is 2. The molecule has 0 unspecified atom stereocenters. The van der Waals surface area contributed by atoms with Gasteiger partial charge in [0.15, 0.2) is 0 Å². The van der Waals surface area contributed by atoms with E-state index in [2.05, 4.69) is 10.5 Å². The first kappa shape index (κ1) is 12.5. The molecule has 0 saturated carbocycles. The van der Waals surface area contributed by atoms with Gasteiger partial charge in [-0.3, -0.25) is 9.63 Å². The maximum absolute atomic E-state index is 11.6. The number of fused-ring (bicyclic) bond motifs is 1. The molecule has 96 valence electrons. The van der Waals surface area contributed by atoms with E-state index in [0.29, 0.717) is 13.2 Å². The predicted octanol–water partition coefficient (Wildman–Crippen LogP) is 0.730. The lowest BCUT2D eigenvalue weighted by molar-refractivity contribution is -0.135. The van der Waals surface area contributed by atoms with E-state index in [1.54, 1.807) is 18.0 Å². The molecule has 0 bridgehead atoms. The van der Waals surface area contributed by atoms with Gasteiger partial charge >= 0.3 is 0 Å². The van der Waals surface area contributed by atoms with Gasteiger partial charge in [0.25, 0.3) is 5.91 Å². The van der Waals surface area contributed by atoms with E-state index in [0.717, 1.165) is 11.0 Å². The molecule has 1 aromatic heterocycles. The van der Waals surface area contributed by atoms with E-state index in [4.69, 9.17) is 9.57 Å². The van der Waals surface area contributed by atoms with Gasteiger partial charge in [0.05, 0.1) is 30.6 Å². The molecule has 6 nitrogen and oxygen atoms in total. The van der Waals surface area contributed by atoms with Crippen LogP contribution >= 0.6 is 0 Å². The first-order chi connectivity index (χ1) is 8.81. The van der Waals surface area contributed by atoms with Crippen molar-refractivity contribution in [3.05, 3.63) is 30.6 Å². The van der Waals surface area contributed by atoms with Crippen LogP contribution in [0.15, 0.2) is 30.6 Å².